The van der Waals surface area contributed by atoms with Crippen molar-refractivity contribution in [2.45, 2.75) is 33.6 Å². The van der Waals surface area contributed by atoms with Crippen molar-refractivity contribution >= 4 is 17.6 Å². The van der Waals surface area contributed by atoms with Crippen LogP contribution in [0.1, 0.15) is 31.2 Å². The average molecular weight is 282 g/mol. The van der Waals surface area contributed by atoms with Gasteiger partial charge in [0.15, 0.2) is 0 Å². The van der Waals surface area contributed by atoms with Gasteiger partial charge in [-0.15, -0.1) is 0 Å². The van der Waals surface area contributed by atoms with Gasteiger partial charge in [-0.1, -0.05) is 0 Å². The Labute approximate surface area is 118 Å². The van der Waals surface area contributed by atoms with Gasteiger partial charge in [0.1, 0.15) is 0 Å². The summed E-state index contributed by atoms with van der Waals surface area (Å²) in [6.45, 7) is 6.65. The molecule has 0 saturated carbocycles. The molecule has 1 heterocycles. The maximum atomic E-state index is 11.7. The van der Waals surface area contributed by atoms with Gasteiger partial charge in [-0.25, -0.2) is 0 Å². The van der Waals surface area contributed by atoms with Crippen LogP contribution < -0.4 is 10.6 Å². The van der Waals surface area contributed by atoms with Gasteiger partial charge in [0.25, 0.3) is 0 Å². The molecule has 0 aliphatic rings. The first-order valence-electron chi connectivity index (χ1n) is 6.72. The summed E-state index contributed by atoms with van der Waals surface area (Å²) in [6, 6.07) is 0. The predicted octanol–water partition coefficient (Wildman–Crippen LogP) is 0.898. The lowest BCUT2D eigenvalue weighted by Crippen LogP contribution is -2.29. The highest BCUT2D eigenvalue weighted by molar-refractivity contribution is 5.93. The number of amides is 1. The molecule has 0 radical (unpaired) electrons. The standard InChI is InChI=1S/C13H22N4O3/c1-4-20-12(19)6-5-7-14-8-11(18)15-13-9(2)16-17-10(13)3/h14H,4-8H2,1-3H3,(H,15,18)(H,16,17). The van der Waals surface area contributed by atoms with Crippen molar-refractivity contribution in [1.29, 1.82) is 0 Å². The average Bonchev–Trinajstić information content (AvgIpc) is 2.70. The van der Waals surface area contributed by atoms with Crippen LogP contribution in [0.4, 0.5) is 5.69 Å². The first-order chi connectivity index (χ1) is 9.54. The first kappa shape index (κ1) is 16.2. The van der Waals surface area contributed by atoms with Crippen molar-refractivity contribution in [3.8, 4) is 0 Å². The molecule has 1 aromatic rings. The molecule has 0 aliphatic heterocycles. The van der Waals surface area contributed by atoms with Crippen LogP contribution in [0.15, 0.2) is 0 Å². The van der Waals surface area contributed by atoms with Gasteiger partial charge in [-0.3, -0.25) is 14.7 Å². The number of aromatic amines is 1. The number of nitrogens with one attached hydrogen (secondary N) is 3. The second kappa shape index (κ2) is 8.31. The number of rotatable bonds is 8. The molecule has 112 valence electrons. The minimum absolute atomic E-state index is 0.131. The Kier molecular flexibility index (Phi) is 6.72. The number of esters is 1. The van der Waals surface area contributed by atoms with Gasteiger partial charge in [-0.05, 0) is 33.7 Å². The van der Waals surface area contributed by atoms with Crippen LogP contribution in [0.5, 0.6) is 0 Å². The molecule has 0 saturated heterocycles. The number of nitrogens with zero attached hydrogens (tertiary/aromatic N) is 1. The minimum atomic E-state index is -0.205. The van der Waals surface area contributed by atoms with Gasteiger partial charge < -0.3 is 15.4 Å². The van der Waals surface area contributed by atoms with E-state index in [0.717, 1.165) is 17.1 Å². The highest BCUT2D eigenvalue weighted by Crippen LogP contribution is 2.15. The van der Waals surface area contributed by atoms with E-state index in [1.54, 1.807) is 6.92 Å². The largest absolute Gasteiger partial charge is 0.466 e. The van der Waals surface area contributed by atoms with Crippen LogP contribution in [-0.2, 0) is 14.3 Å². The highest BCUT2D eigenvalue weighted by atomic mass is 16.5. The quantitative estimate of drug-likeness (QED) is 0.486. The van der Waals surface area contributed by atoms with Crippen LogP contribution in [0, 0.1) is 13.8 Å². The summed E-state index contributed by atoms with van der Waals surface area (Å²) in [6.07, 6.45) is 1.01. The van der Waals surface area contributed by atoms with E-state index in [2.05, 4.69) is 20.8 Å². The summed E-state index contributed by atoms with van der Waals surface area (Å²) in [5, 5.41) is 12.6. The lowest BCUT2D eigenvalue weighted by molar-refractivity contribution is -0.143. The maximum absolute atomic E-state index is 11.7. The summed E-state index contributed by atoms with van der Waals surface area (Å²) in [7, 11) is 0. The Morgan fingerprint density at radius 2 is 2.10 bits per heavy atom. The normalized spacial score (nSPS) is 10.3. The number of hydrogen-bond acceptors (Lipinski definition) is 5. The fraction of sp³-hybridized carbons (Fsp3) is 0.615. The molecule has 0 aromatic carbocycles. The summed E-state index contributed by atoms with van der Waals surface area (Å²) < 4.78 is 4.81. The molecule has 1 rings (SSSR count). The third-order valence-electron chi connectivity index (χ3n) is 2.72. The highest BCUT2D eigenvalue weighted by Gasteiger charge is 2.09. The molecule has 3 N–H and O–H groups in total. The third-order valence-corrected chi connectivity index (χ3v) is 2.72. The second-order valence-corrected chi connectivity index (χ2v) is 4.44. The third kappa shape index (κ3) is 5.40. The molecule has 7 nitrogen and oxygen atoms in total. The van der Waals surface area contributed by atoms with Crippen molar-refractivity contribution in [2.24, 2.45) is 0 Å². The van der Waals surface area contributed by atoms with Crippen molar-refractivity contribution in [1.82, 2.24) is 15.5 Å². The SMILES string of the molecule is CCOC(=O)CCCNCC(=O)Nc1c(C)n[nH]c1C. The summed E-state index contributed by atoms with van der Waals surface area (Å²) in [5.41, 5.74) is 2.32. The number of carbonyl (C=O) groups is 2. The number of H-pyrrole nitrogens is 1. The maximum Gasteiger partial charge on any atom is 0.305 e. The van der Waals surface area contributed by atoms with Crippen LogP contribution in [0.3, 0.4) is 0 Å². The number of aromatic nitrogens is 2. The lowest BCUT2D eigenvalue weighted by atomic mass is 10.3. The number of aryl methyl sites for hydroxylation is 2. The predicted molar refractivity (Wildman–Crippen MR) is 75.4 cm³/mol. The van der Waals surface area contributed by atoms with E-state index in [1.165, 1.54) is 0 Å². The van der Waals surface area contributed by atoms with E-state index >= 15 is 0 Å². The van der Waals surface area contributed by atoms with Crippen LogP contribution in [0.25, 0.3) is 0 Å². The van der Waals surface area contributed by atoms with Crippen LogP contribution >= 0.6 is 0 Å². The molecule has 1 amide bonds. The van der Waals surface area contributed by atoms with Gasteiger partial charge in [-0.2, -0.15) is 5.10 Å². The summed E-state index contributed by atoms with van der Waals surface area (Å²) >= 11 is 0. The molecule has 1 aromatic heterocycles. The van der Waals surface area contributed by atoms with Gasteiger partial charge in [0.2, 0.25) is 5.91 Å². The van der Waals surface area contributed by atoms with E-state index in [0.29, 0.717) is 26.0 Å². The smallest absolute Gasteiger partial charge is 0.305 e. The molecular formula is C13H22N4O3. The second-order valence-electron chi connectivity index (χ2n) is 4.44. The number of anilines is 1. The summed E-state index contributed by atoms with van der Waals surface area (Å²) in [5.74, 6) is -0.336. The molecule has 0 bridgehead atoms. The zero-order valence-corrected chi connectivity index (χ0v) is 12.2. The fourth-order valence-electron chi connectivity index (χ4n) is 1.71. The van der Waals surface area contributed by atoms with Gasteiger partial charge in [0.05, 0.1) is 30.2 Å². The molecule has 20 heavy (non-hydrogen) atoms. The van der Waals surface area contributed by atoms with E-state index < -0.39 is 0 Å². The Morgan fingerprint density at radius 1 is 1.35 bits per heavy atom. The van der Waals surface area contributed by atoms with E-state index in [1.807, 2.05) is 13.8 Å². The topological polar surface area (TPSA) is 96.1 Å². The van der Waals surface area contributed by atoms with Crippen molar-refractivity contribution < 1.29 is 14.3 Å². The van der Waals surface area contributed by atoms with Crippen molar-refractivity contribution in [2.75, 3.05) is 25.0 Å². The van der Waals surface area contributed by atoms with Gasteiger partial charge in [0, 0.05) is 6.42 Å². The van der Waals surface area contributed by atoms with Crippen molar-refractivity contribution in [3.63, 3.8) is 0 Å². The Morgan fingerprint density at radius 3 is 2.70 bits per heavy atom. The molecular weight excluding hydrogens is 260 g/mol. The first-order valence-corrected chi connectivity index (χ1v) is 6.72. The number of carbonyl (C=O) groups excluding carboxylic acids is 2. The minimum Gasteiger partial charge on any atom is -0.466 e. The molecule has 7 heteroatoms. The number of ether oxygens (including phenoxy) is 1. The molecule has 0 spiro atoms. The Hall–Kier alpha value is -1.89. The zero-order valence-electron chi connectivity index (χ0n) is 12.2. The Bertz CT molecular complexity index is 437. The van der Waals surface area contributed by atoms with Crippen molar-refractivity contribution in [3.05, 3.63) is 11.4 Å². The Balaban J connectivity index is 2.16. The molecule has 0 atom stereocenters. The molecule has 0 fully saturated rings. The monoisotopic (exact) mass is 282 g/mol. The number of hydrogen-bond donors (Lipinski definition) is 3. The van der Waals surface area contributed by atoms with Crippen LogP contribution in [0.2, 0.25) is 0 Å². The van der Waals surface area contributed by atoms with Crippen LogP contribution in [-0.4, -0.2) is 41.8 Å². The van der Waals surface area contributed by atoms with Gasteiger partial charge >= 0.3 is 5.97 Å². The van der Waals surface area contributed by atoms with E-state index in [9.17, 15) is 9.59 Å². The summed E-state index contributed by atoms with van der Waals surface area (Å²) in [4.78, 5) is 22.8. The fourth-order valence-corrected chi connectivity index (χ4v) is 1.71. The molecule has 0 aliphatic carbocycles. The van der Waals surface area contributed by atoms with E-state index in [-0.39, 0.29) is 18.4 Å². The molecule has 0 unspecified atom stereocenters. The van der Waals surface area contributed by atoms with E-state index in [4.69, 9.17) is 4.74 Å². The zero-order chi connectivity index (χ0) is 15.0. The lowest BCUT2D eigenvalue weighted by Gasteiger charge is -2.06.